The van der Waals surface area contributed by atoms with Gasteiger partial charge >= 0.3 is 5.97 Å². The van der Waals surface area contributed by atoms with Gasteiger partial charge in [0.2, 0.25) is 0 Å². The van der Waals surface area contributed by atoms with Gasteiger partial charge in [-0.05, 0) is 50.3 Å². The average molecular weight is 342 g/mol. The van der Waals surface area contributed by atoms with E-state index in [1.54, 1.807) is 0 Å². The van der Waals surface area contributed by atoms with Crippen LogP contribution in [0.4, 0.5) is 0 Å². The molecule has 1 fully saturated rings. The second-order valence-corrected chi connectivity index (χ2v) is 7.27. The zero-order valence-corrected chi connectivity index (χ0v) is 15.7. The second-order valence-electron chi connectivity index (χ2n) is 7.27. The summed E-state index contributed by atoms with van der Waals surface area (Å²) in [5.41, 5.74) is 3.39. The standard InChI is InChI=1S/C21H30N2O2/c1-4-16-8-7-12-23(14-16)13-11-18-17-9-5-6-10-19(17)22-20(18)15(2)21(24)25-3/h5-6,9-10,15-16,22H,4,7-8,11-14H2,1-3H3/t15-,16+/m1/s1. The second kappa shape index (κ2) is 8.05. The number of ether oxygens (including phenoxy) is 1. The topological polar surface area (TPSA) is 45.3 Å². The third-order valence-corrected chi connectivity index (χ3v) is 5.69. The number of fused-ring (bicyclic) bond motifs is 1. The van der Waals surface area contributed by atoms with Crippen molar-refractivity contribution in [1.82, 2.24) is 9.88 Å². The van der Waals surface area contributed by atoms with Crippen molar-refractivity contribution in [2.24, 2.45) is 5.92 Å². The number of hydrogen-bond donors (Lipinski definition) is 1. The Morgan fingerprint density at radius 3 is 2.96 bits per heavy atom. The number of aromatic amines is 1. The number of carbonyl (C=O) groups is 1. The number of nitrogens with one attached hydrogen (secondary N) is 1. The Bertz CT molecular complexity index is 722. The molecule has 25 heavy (non-hydrogen) atoms. The van der Waals surface area contributed by atoms with Gasteiger partial charge in [0, 0.05) is 29.7 Å². The molecule has 2 heterocycles. The van der Waals surface area contributed by atoms with E-state index in [4.69, 9.17) is 4.74 Å². The van der Waals surface area contributed by atoms with E-state index in [9.17, 15) is 4.79 Å². The molecule has 3 rings (SSSR count). The third-order valence-electron chi connectivity index (χ3n) is 5.69. The summed E-state index contributed by atoms with van der Waals surface area (Å²) in [6, 6.07) is 8.34. The first-order chi connectivity index (χ1) is 12.1. The summed E-state index contributed by atoms with van der Waals surface area (Å²) in [6.07, 6.45) is 4.91. The minimum atomic E-state index is -0.267. The lowest BCUT2D eigenvalue weighted by Gasteiger charge is -2.32. The van der Waals surface area contributed by atoms with Gasteiger partial charge in [0.25, 0.3) is 0 Å². The van der Waals surface area contributed by atoms with Gasteiger partial charge in [-0.15, -0.1) is 0 Å². The van der Waals surface area contributed by atoms with Crippen LogP contribution in [0.15, 0.2) is 24.3 Å². The molecule has 2 aromatic rings. The minimum absolute atomic E-state index is 0.183. The van der Waals surface area contributed by atoms with Gasteiger partial charge in [-0.2, -0.15) is 0 Å². The fourth-order valence-electron chi connectivity index (χ4n) is 4.11. The molecule has 0 spiro atoms. The summed E-state index contributed by atoms with van der Waals surface area (Å²) in [6.45, 7) is 7.68. The van der Waals surface area contributed by atoms with Gasteiger partial charge in [0.1, 0.15) is 0 Å². The molecule has 0 radical (unpaired) electrons. The van der Waals surface area contributed by atoms with Crippen molar-refractivity contribution in [3.05, 3.63) is 35.5 Å². The van der Waals surface area contributed by atoms with Crippen LogP contribution in [0, 0.1) is 5.92 Å². The van der Waals surface area contributed by atoms with Crippen LogP contribution in [0.5, 0.6) is 0 Å². The normalized spacial score (nSPS) is 19.9. The van der Waals surface area contributed by atoms with E-state index in [2.05, 4.69) is 35.0 Å². The van der Waals surface area contributed by atoms with Crippen molar-refractivity contribution in [2.45, 2.75) is 45.4 Å². The van der Waals surface area contributed by atoms with Crippen LogP contribution in [0.1, 0.15) is 50.3 Å². The van der Waals surface area contributed by atoms with E-state index in [-0.39, 0.29) is 11.9 Å². The SMILES string of the molecule is CC[C@H]1CCCN(CCc2c([C@@H](C)C(=O)OC)[nH]c3ccccc23)C1. The Balaban J connectivity index is 1.82. The van der Waals surface area contributed by atoms with E-state index in [1.807, 2.05) is 13.0 Å². The molecule has 1 aliphatic rings. The molecule has 136 valence electrons. The Morgan fingerprint density at radius 2 is 2.20 bits per heavy atom. The minimum Gasteiger partial charge on any atom is -0.469 e. The van der Waals surface area contributed by atoms with Gasteiger partial charge in [0.05, 0.1) is 13.0 Å². The monoisotopic (exact) mass is 342 g/mol. The maximum absolute atomic E-state index is 12.1. The maximum Gasteiger partial charge on any atom is 0.314 e. The number of rotatable bonds is 6. The molecule has 4 nitrogen and oxygen atoms in total. The molecule has 1 saturated heterocycles. The van der Waals surface area contributed by atoms with Crippen molar-refractivity contribution in [1.29, 1.82) is 0 Å². The number of H-pyrrole nitrogens is 1. The lowest BCUT2D eigenvalue weighted by molar-refractivity contribution is -0.142. The molecule has 2 atom stereocenters. The summed E-state index contributed by atoms with van der Waals surface area (Å²) >= 11 is 0. The molecule has 0 saturated carbocycles. The molecule has 0 unspecified atom stereocenters. The molecule has 1 aromatic heterocycles. The smallest absolute Gasteiger partial charge is 0.314 e. The average Bonchev–Trinajstić information content (AvgIpc) is 3.03. The number of aromatic nitrogens is 1. The van der Waals surface area contributed by atoms with Crippen molar-refractivity contribution in [2.75, 3.05) is 26.7 Å². The molecule has 1 N–H and O–H groups in total. The summed E-state index contributed by atoms with van der Waals surface area (Å²) in [7, 11) is 1.46. The summed E-state index contributed by atoms with van der Waals surface area (Å²) < 4.78 is 4.97. The van der Waals surface area contributed by atoms with Crippen LogP contribution in [0.25, 0.3) is 10.9 Å². The number of benzene rings is 1. The number of hydrogen-bond acceptors (Lipinski definition) is 3. The Labute approximate surface area is 150 Å². The predicted molar refractivity (Wildman–Crippen MR) is 102 cm³/mol. The van der Waals surface area contributed by atoms with Crippen molar-refractivity contribution in [3.63, 3.8) is 0 Å². The van der Waals surface area contributed by atoms with Crippen LogP contribution in [0.2, 0.25) is 0 Å². The molecule has 4 heteroatoms. The van der Waals surface area contributed by atoms with Crippen molar-refractivity contribution >= 4 is 16.9 Å². The van der Waals surface area contributed by atoms with Crippen LogP contribution in [-0.2, 0) is 16.0 Å². The lowest BCUT2D eigenvalue weighted by atomic mass is 9.94. The first-order valence-electron chi connectivity index (χ1n) is 9.53. The van der Waals surface area contributed by atoms with Gasteiger partial charge < -0.3 is 14.6 Å². The molecular weight excluding hydrogens is 312 g/mol. The number of methoxy groups -OCH3 is 1. The van der Waals surface area contributed by atoms with Crippen LogP contribution >= 0.6 is 0 Å². The highest BCUT2D eigenvalue weighted by atomic mass is 16.5. The highest BCUT2D eigenvalue weighted by molar-refractivity contribution is 5.88. The van der Waals surface area contributed by atoms with Gasteiger partial charge in [0.15, 0.2) is 0 Å². The highest BCUT2D eigenvalue weighted by Gasteiger charge is 2.24. The molecule has 0 amide bonds. The number of piperidine rings is 1. The Morgan fingerprint density at radius 1 is 1.40 bits per heavy atom. The fourth-order valence-corrected chi connectivity index (χ4v) is 4.11. The number of esters is 1. The van der Waals surface area contributed by atoms with Crippen molar-refractivity contribution < 1.29 is 9.53 Å². The first kappa shape index (κ1) is 18.0. The molecule has 0 bridgehead atoms. The van der Waals surface area contributed by atoms with E-state index < -0.39 is 0 Å². The molecule has 1 aliphatic heterocycles. The summed E-state index contributed by atoms with van der Waals surface area (Å²) in [5, 5.41) is 1.23. The number of nitrogens with zero attached hydrogens (tertiary/aromatic N) is 1. The van der Waals surface area contributed by atoms with Gasteiger partial charge in [-0.25, -0.2) is 0 Å². The number of para-hydroxylation sites is 1. The van der Waals surface area contributed by atoms with E-state index in [0.717, 1.165) is 30.1 Å². The van der Waals surface area contributed by atoms with E-state index in [1.165, 1.54) is 50.4 Å². The number of carbonyl (C=O) groups excluding carboxylic acids is 1. The van der Waals surface area contributed by atoms with Crippen LogP contribution in [-0.4, -0.2) is 42.6 Å². The van der Waals surface area contributed by atoms with Gasteiger partial charge in [-0.1, -0.05) is 31.5 Å². The predicted octanol–water partition coefficient (Wildman–Crippen LogP) is 4.11. The summed E-state index contributed by atoms with van der Waals surface area (Å²) in [5.74, 6) is 0.388. The highest BCUT2D eigenvalue weighted by Crippen LogP contribution is 2.29. The maximum atomic E-state index is 12.1. The quantitative estimate of drug-likeness (QED) is 0.804. The summed E-state index contributed by atoms with van der Waals surface area (Å²) in [4.78, 5) is 18.1. The third kappa shape index (κ3) is 3.90. The Kier molecular flexibility index (Phi) is 5.79. The molecule has 0 aliphatic carbocycles. The molecule has 1 aromatic carbocycles. The van der Waals surface area contributed by atoms with Gasteiger partial charge in [-0.3, -0.25) is 4.79 Å². The molecular formula is C21H30N2O2. The Hall–Kier alpha value is -1.81. The van der Waals surface area contributed by atoms with Crippen LogP contribution < -0.4 is 0 Å². The zero-order chi connectivity index (χ0) is 17.8. The van der Waals surface area contributed by atoms with Crippen molar-refractivity contribution in [3.8, 4) is 0 Å². The zero-order valence-electron chi connectivity index (χ0n) is 15.7. The van der Waals surface area contributed by atoms with E-state index >= 15 is 0 Å². The largest absolute Gasteiger partial charge is 0.469 e. The van der Waals surface area contributed by atoms with E-state index in [0.29, 0.717) is 0 Å². The van der Waals surface area contributed by atoms with Crippen LogP contribution in [0.3, 0.4) is 0 Å². The fraction of sp³-hybridized carbons (Fsp3) is 0.571. The lowest BCUT2D eigenvalue weighted by Crippen LogP contribution is -2.36. The first-order valence-corrected chi connectivity index (χ1v) is 9.53. The number of likely N-dealkylation sites (tertiary alicyclic amines) is 1.